The molecule has 0 bridgehead atoms. The van der Waals surface area contributed by atoms with E-state index in [0.717, 1.165) is 29.7 Å². The molecule has 2 aromatic carbocycles. The van der Waals surface area contributed by atoms with Crippen molar-refractivity contribution in [3.05, 3.63) is 53.1 Å². The topological polar surface area (TPSA) is 71.0 Å². The smallest absolute Gasteiger partial charge is 0.317 e. The van der Waals surface area contributed by atoms with Crippen LogP contribution in [0.3, 0.4) is 0 Å². The molecule has 0 radical (unpaired) electrons. The van der Waals surface area contributed by atoms with Gasteiger partial charge in [0, 0.05) is 19.6 Å². The van der Waals surface area contributed by atoms with Crippen LogP contribution in [0.2, 0.25) is 0 Å². The average Bonchev–Trinajstić information content (AvgIpc) is 2.70. The number of urea groups is 1. The van der Waals surface area contributed by atoms with Crippen LogP contribution in [0.5, 0.6) is 17.2 Å². The summed E-state index contributed by atoms with van der Waals surface area (Å²) < 4.78 is 11.3. The summed E-state index contributed by atoms with van der Waals surface area (Å²) in [6.45, 7) is 7.27. The number of carbonyl (C=O) groups is 1. The van der Waals surface area contributed by atoms with Crippen molar-refractivity contribution in [1.29, 1.82) is 0 Å². The fraction of sp³-hybridized carbons (Fsp3) is 0.409. The van der Waals surface area contributed by atoms with Gasteiger partial charge in [-0.25, -0.2) is 4.79 Å². The van der Waals surface area contributed by atoms with E-state index >= 15 is 0 Å². The number of carbonyl (C=O) groups excluding carboxylic acids is 1. The molecule has 2 aromatic rings. The molecule has 0 unspecified atom stereocenters. The molecular formula is C22H28N2O4. The van der Waals surface area contributed by atoms with E-state index in [4.69, 9.17) is 9.47 Å². The van der Waals surface area contributed by atoms with Gasteiger partial charge in [-0.05, 0) is 67.6 Å². The van der Waals surface area contributed by atoms with E-state index in [1.54, 1.807) is 29.2 Å². The van der Waals surface area contributed by atoms with Gasteiger partial charge >= 0.3 is 6.03 Å². The highest BCUT2D eigenvalue weighted by atomic mass is 16.5. The largest absolute Gasteiger partial charge is 0.508 e. The Morgan fingerprint density at radius 2 is 1.79 bits per heavy atom. The van der Waals surface area contributed by atoms with Gasteiger partial charge in [-0.2, -0.15) is 0 Å². The van der Waals surface area contributed by atoms with Gasteiger partial charge in [-0.1, -0.05) is 12.1 Å². The van der Waals surface area contributed by atoms with E-state index in [1.165, 1.54) is 5.56 Å². The quantitative estimate of drug-likeness (QED) is 0.744. The van der Waals surface area contributed by atoms with Gasteiger partial charge in [0.25, 0.3) is 0 Å². The third kappa shape index (κ3) is 5.39. The maximum absolute atomic E-state index is 12.1. The molecule has 3 rings (SSSR count). The second-order valence-corrected chi connectivity index (χ2v) is 7.09. The lowest BCUT2D eigenvalue weighted by molar-refractivity contribution is 0.0532. The minimum atomic E-state index is -0.00620. The number of hydrogen-bond donors (Lipinski definition) is 2. The first-order chi connectivity index (χ1) is 13.5. The Hall–Kier alpha value is -2.73. The highest BCUT2D eigenvalue weighted by molar-refractivity contribution is 5.74. The van der Waals surface area contributed by atoms with Crippen LogP contribution in [0.1, 0.15) is 23.1 Å². The zero-order valence-corrected chi connectivity index (χ0v) is 16.5. The Kier molecular flexibility index (Phi) is 6.76. The van der Waals surface area contributed by atoms with Crippen LogP contribution in [-0.2, 0) is 11.2 Å². The summed E-state index contributed by atoms with van der Waals surface area (Å²) in [4.78, 5) is 13.9. The molecule has 1 fully saturated rings. The molecule has 6 nitrogen and oxygen atoms in total. The number of aromatic hydroxyl groups is 1. The summed E-state index contributed by atoms with van der Waals surface area (Å²) in [7, 11) is 0. The molecule has 1 aliphatic heterocycles. The number of nitrogens with one attached hydrogen (secondary N) is 1. The van der Waals surface area contributed by atoms with Crippen molar-refractivity contribution in [3.63, 3.8) is 0 Å². The summed E-state index contributed by atoms with van der Waals surface area (Å²) in [6, 6.07) is 11.0. The first-order valence-corrected chi connectivity index (χ1v) is 9.70. The lowest BCUT2D eigenvalue weighted by Crippen LogP contribution is -2.46. The molecule has 0 aliphatic carbocycles. The Labute approximate surface area is 166 Å². The van der Waals surface area contributed by atoms with E-state index in [1.807, 2.05) is 13.8 Å². The predicted octanol–water partition coefficient (Wildman–Crippen LogP) is 3.78. The molecule has 2 amide bonds. The van der Waals surface area contributed by atoms with Crippen molar-refractivity contribution in [2.75, 3.05) is 32.8 Å². The highest BCUT2D eigenvalue weighted by Crippen LogP contribution is 2.30. The Balaban J connectivity index is 1.51. The van der Waals surface area contributed by atoms with Crippen molar-refractivity contribution in [1.82, 2.24) is 10.2 Å². The van der Waals surface area contributed by atoms with Crippen molar-refractivity contribution < 1.29 is 19.4 Å². The fourth-order valence-corrected chi connectivity index (χ4v) is 3.34. The SMILES string of the molecule is Cc1cc(CCCNC(=O)N2CCOCC2)cc(C)c1Oc1ccc(O)cc1. The molecule has 28 heavy (non-hydrogen) atoms. The van der Waals surface area contributed by atoms with Crippen LogP contribution in [-0.4, -0.2) is 48.9 Å². The van der Waals surface area contributed by atoms with Crippen molar-refractivity contribution in [3.8, 4) is 17.2 Å². The molecule has 1 heterocycles. The second kappa shape index (κ2) is 9.46. The standard InChI is InChI=1S/C22H28N2O4/c1-16-14-18(4-3-9-23-22(26)24-10-12-27-13-11-24)15-17(2)21(16)28-20-7-5-19(25)6-8-20/h5-8,14-15,25H,3-4,9-13H2,1-2H3,(H,23,26). The number of benzene rings is 2. The van der Waals surface area contributed by atoms with Gasteiger partial charge < -0.3 is 24.8 Å². The third-order valence-electron chi connectivity index (χ3n) is 4.79. The summed E-state index contributed by atoms with van der Waals surface area (Å²) >= 11 is 0. The van der Waals surface area contributed by atoms with Gasteiger partial charge in [-0.15, -0.1) is 0 Å². The summed E-state index contributed by atoms with van der Waals surface area (Å²) in [5.74, 6) is 1.76. The van der Waals surface area contributed by atoms with Gasteiger partial charge in [0.1, 0.15) is 17.2 Å². The zero-order valence-electron chi connectivity index (χ0n) is 16.5. The Bertz CT molecular complexity index is 776. The molecule has 0 saturated carbocycles. The van der Waals surface area contributed by atoms with Crippen LogP contribution in [0.15, 0.2) is 36.4 Å². The summed E-state index contributed by atoms with van der Waals surface area (Å²) in [6.07, 6.45) is 1.78. The van der Waals surface area contributed by atoms with Crippen LogP contribution in [0, 0.1) is 13.8 Å². The number of rotatable bonds is 6. The van der Waals surface area contributed by atoms with Crippen molar-refractivity contribution in [2.45, 2.75) is 26.7 Å². The molecule has 150 valence electrons. The van der Waals surface area contributed by atoms with E-state index < -0.39 is 0 Å². The Morgan fingerprint density at radius 3 is 2.43 bits per heavy atom. The lowest BCUT2D eigenvalue weighted by Gasteiger charge is -2.26. The molecule has 1 saturated heterocycles. The van der Waals surface area contributed by atoms with Crippen molar-refractivity contribution in [2.24, 2.45) is 0 Å². The maximum atomic E-state index is 12.1. The number of morpholine rings is 1. The van der Waals surface area contributed by atoms with Crippen molar-refractivity contribution >= 4 is 6.03 Å². The number of phenolic OH excluding ortho intramolecular Hbond substituents is 1. The highest BCUT2D eigenvalue weighted by Gasteiger charge is 2.15. The molecule has 0 spiro atoms. The normalized spacial score (nSPS) is 14.0. The molecule has 0 atom stereocenters. The number of hydrogen-bond acceptors (Lipinski definition) is 4. The maximum Gasteiger partial charge on any atom is 0.317 e. The van der Waals surface area contributed by atoms with E-state index in [0.29, 0.717) is 38.6 Å². The number of phenols is 1. The van der Waals surface area contributed by atoms with Gasteiger partial charge in [0.15, 0.2) is 0 Å². The fourth-order valence-electron chi connectivity index (χ4n) is 3.34. The van der Waals surface area contributed by atoms with Crippen LogP contribution >= 0.6 is 0 Å². The molecule has 0 aromatic heterocycles. The number of nitrogens with zero attached hydrogens (tertiary/aromatic N) is 1. The summed E-state index contributed by atoms with van der Waals surface area (Å²) in [5, 5.41) is 12.4. The number of amides is 2. The number of aryl methyl sites for hydroxylation is 3. The van der Waals surface area contributed by atoms with Gasteiger partial charge in [0.2, 0.25) is 0 Å². The first-order valence-electron chi connectivity index (χ1n) is 9.70. The zero-order chi connectivity index (χ0) is 19.9. The monoisotopic (exact) mass is 384 g/mol. The Morgan fingerprint density at radius 1 is 1.14 bits per heavy atom. The number of ether oxygens (including phenoxy) is 2. The molecule has 6 heteroatoms. The lowest BCUT2D eigenvalue weighted by atomic mass is 10.0. The second-order valence-electron chi connectivity index (χ2n) is 7.09. The average molecular weight is 384 g/mol. The summed E-state index contributed by atoms with van der Waals surface area (Å²) in [5.41, 5.74) is 3.37. The van der Waals surface area contributed by atoms with Gasteiger partial charge in [-0.3, -0.25) is 0 Å². The minimum Gasteiger partial charge on any atom is -0.508 e. The minimum absolute atomic E-state index is 0.00620. The first kappa shape index (κ1) is 20.0. The van der Waals surface area contributed by atoms with Crippen LogP contribution in [0.25, 0.3) is 0 Å². The molecule has 2 N–H and O–H groups in total. The van der Waals surface area contributed by atoms with E-state index in [-0.39, 0.29) is 11.8 Å². The van der Waals surface area contributed by atoms with E-state index in [9.17, 15) is 9.90 Å². The van der Waals surface area contributed by atoms with Crippen LogP contribution in [0.4, 0.5) is 4.79 Å². The third-order valence-corrected chi connectivity index (χ3v) is 4.79. The van der Waals surface area contributed by atoms with Crippen LogP contribution < -0.4 is 10.1 Å². The van der Waals surface area contributed by atoms with E-state index in [2.05, 4.69) is 17.4 Å². The molecule has 1 aliphatic rings. The predicted molar refractivity (Wildman–Crippen MR) is 108 cm³/mol. The molecular weight excluding hydrogens is 356 g/mol. The van der Waals surface area contributed by atoms with Gasteiger partial charge in [0.05, 0.1) is 13.2 Å².